The summed E-state index contributed by atoms with van der Waals surface area (Å²) < 4.78 is 117. The van der Waals surface area contributed by atoms with Crippen LogP contribution in [0.25, 0.3) is 0 Å². The number of phosphoric acid groups is 1. The van der Waals surface area contributed by atoms with Crippen LogP contribution in [-0.2, 0) is 13.9 Å². The largest absolute Gasteiger partial charge is 1.00 e. The van der Waals surface area contributed by atoms with Crippen LogP contribution in [0.5, 0.6) is 23.0 Å². The summed E-state index contributed by atoms with van der Waals surface area (Å²) in [5.41, 5.74) is -1.74. The minimum Gasteiger partial charge on any atom is -0.790 e. The molecular formula is C23H24FN6Na2O9P. The van der Waals surface area contributed by atoms with Crippen LogP contribution in [0, 0.1) is 5.82 Å². The van der Waals surface area contributed by atoms with Gasteiger partial charge >= 0.3 is 59.1 Å². The van der Waals surface area contributed by atoms with Gasteiger partial charge in [-0.05, 0) is 26.0 Å². The zero-order valence-electron chi connectivity index (χ0n) is 31.4. The smallest absolute Gasteiger partial charge is 0.790 e. The molecule has 0 unspecified atom stereocenters. The van der Waals surface area contributed by atoms with Crippen LogP contribution in [0.2, 0.25) is 0 Å². The van der Waals surface area contributed by atoms with Crippen LogP contribution in [-0.4, -0.2) is 54.3 Å². The molecule has 1 aliphatic rings. The molecule has 15 nitrogen and oxygen atoms in total. The summed E-state index contributed by atoms with van der Waals surface area (Å²) >= 11 is 0. The van der Waals surface area contributed by atoms with Gasteiger partial charge < -0.3 is 48.5 Å². The van der Waals surface area contributed by atoms with E-state index in [1.807, 2.05) is 0 Å². The van der Waals surface area contributed by atoms with Crippen LogP contribution in [0.1, 0.15) is 26.2 Å². The van der Waals surface area contributed by atoms with Crippen molar-refractivity contribution in [2.45, 2.75) is 19.4 Å². The number of amides is 1. The summed E-state index contributed by atoms with van der Waals surface area (Å²) in [4.78, 5) is 47.7. The third kappa shape index (κ3) is 8.23. The van der Waals surface area contributed by atoms with Crippen LogP contribution >= 0.6 is 7.82 Å². The summed E-state index contributed by atoms with van der Waals surface area (Å²) in [7, 11) is -15.1. The number of benzene rings is 1. The minimum absolute atomic E-state index is 0. The number of fused-ring (bicyclic) bond motifs is 1. The van der Waals surface area contributed by atoms with Gasteiger partial charge in [0.1, 0.15) is 12.5 Å². The topological polar surface area (TPSA) is 192 Å². The van der Waals surface area contributed by atoms with Crippen molar-refractivity contribution in [3.8, 4) is 23.0 Å². The van der Waals surface area contributed by atoms with Crippen molar-refractivity contribution < 1.29 is 118 Å². The van der Waals surface area contributed by atoms with Crippen LogP contribution in [0.3, 0.4) is 0 Å². The molecule has 0 atom stereocenters. The van der Waals surface area contributed by atoms with Gasteiger partial charge in [-0.25, -0.2) is 14.4 Å². The van der Waals surface area contributed by atoms with Crippen molar-refractivity contribution in [3.63, 3.8) is 0 Å². The van der Waals surface area contributed by atoms with E-state index in [1.54, 1.807) is 0 Å². The molecule has 2 aromatic heterocycles. The summed E-state index contributed by atoms with van der Waals surface area (Å²) in [5, 5.41) is 5.08. The second-order valence-corrected chi connectivity index (χ2v) is 9.47. The van der Waals surface area contributed by atoms with Gasteiger partial charge in [0.15, 0.2) is 40.3 Å². The van der Waals surface area contributed by atoms with Gasteiger partial charge in [-0.1, -0.05) is 0 Å². The number of rotatable bonds is 10. The van der Waals surface area contributed by atoms with Crippen molar-refractivity contribution >= 4 is 42.8 Å². The van der Waals surface area contributed by atoms with E-state index < -0.39 is 82.0 Å². The van der Waals surface area contributed by atoms with Gasteiger partial charge in [0.2, 0.25) is 11.7 Å². The molecular weight excluding hydrogens is 600 g/mol. The molecule has 0 radical (unpaired) electrons. The number of hydrogen-bond donors (Lipinski definition) is 2. The Balaban J connectivity index is 0.00000451. The molecule has 0 saturated carbocycles. The number of anilines is 5. The standard InChI is InChI=1S/C23H26FN6O9P.2Na/c1-23(2)21(31)30(11-38-40(32,33)34)20-14(39-23)6-7-17(28-20)27-19-13(24)10-25-22(29-19)26-12-8-15(35-3)18(37-5)16(9-12)36-4;;/h6-10H,11H2,1-5H3,(H2,32,33,34)(H2,25,26,27,28,29);;/q;2*+1/p-2/i3D3,4D3,5D3;;. The maximum atomic E-state index is 14.8. The Kier molecular flexibility index (Phi) is 8.32. The number of nitrogens with one attached hydrogen (secondary N) is 2. The zero-order valence-corrected chi connectivity index (χ0v) is 27.3. The second kappa shape index (κ2) is 14.5. The Bertz CT molecular complexity index is 1770. The number of pyridine rings is 1. The van der Waals surface area contributed by atoms with E-state index in [-0.39, 0.29) is 82.2 Å². The minimum atomic E-state index is -5.52. The number of carbonyl (C=O) groups excluding carboxylic acids is 1. The van der Waals surface area contributed by atoms with Gasteiger partial charge in [0.25, 0.3) is 5.91 Å². The number of carbonyl (C=O) groups is 1. The number of phosphoric ester groups is 1. The van der Waals surface area contributed by atoms with E-state index in [0.717, 1.165) is 17.0 Å². The van der Waals surface area contributed by atoms with Crippen LogP contribution < -0.4 is 103 Å². The predicted octanol–water partition coefficient (Wildman–Crippen LogP) is -4.16. The van der Waals surface area contributed by atoms with Crippen molar-refractivity contribution in [2.24, 2.45) is 0 Å². The van der Waals surface area contributed by atoms with E-state index in [4.69, 9.17) is 31.3 Å². The average molecular weight is 633 g/mol. The first-order valence-electron chi connectivity index (χ1n) is 15.3. The maximum absolute atomic E-state index is 14.8. The Morgan fingerprint density at radius 2 is 1.76 bits per heavy atom. The molecule has 3 heterocycles. The van der Waals surface area contributed by atoms with Crippen molar-refractivity contribution in [1.82, 2.24) is 15.0 Å². The van der Waals surface area contributed by atoms with Gasteiger partial charge in [-0.15, -0.1) is 0 Å². The molecule has 0 aliphatic carbocycles. The molecule has 1 aromatic carbocycles. The third-order valence-corrected chi connectivity index (χ3v) is 5.59. The van der Waals surface area contributed by atoms with E-state index >= 15 is 0 Å². The van der Waals surface area contributed by atoms with Gasteiger partial charge in [0, 0.05) is 17.8 Å². The molecule has 0 fully saturated rings. The number of halogens is 1. The quantitative estimate of drug-likeness (QED) is 0.161. The number of aromatic nitrogens is 3. The van der Waals surface area contributed by atoms with E-state index in [1.165, 1.54) is 26.0 Å². The Labute approximate surface area is 296 Å². The molecule has 0 spiro atoms. The Morgan fingerprint density at radius 1 is 1.10 bits per heavy atom. The molecule has 214 valence electrons. The van der Waals surface area contributed by atoms with Crippen LogP contribution in [0.15, 0.2) is 30.5 Å². The van der Waals surface area contributed by atoms with Crippen molar-refractivity contribution in [2.75, 3.05) is 43.4 Å². The van der Waals surface area contributed by atoms with Crippen molar-refractivity contribution in [1.29, 1.82) is 0 Å². The molecule has 3 aromatic rings. The normalized spacial score (nSPS) is 17.6. The second-order valence-electron chi connectivity index (χ2n) is 8.32. The first-order chi connectivity index (χ1) is 22.3. The molecule has 0 bridgehead atoms. The Morgan fingerprint density at radius 3 is 2.38 bits per heavy atom. The van der Waals surface area contributed by atoms with Crippen molar-refractivity contribution in [3.05, 3.63) is 36.3 Å². The number of methoxy groups -OCH3 is 3. The SMILES string of the molecule is [2H]C([2H])([2H])Oc1cc(Nc2ncc(F)c(Nc3ccc4c(n3)N(COP(=O)([O-])[O-])C(=O)C(C)(C)O4)n2)cc(OC([2H])([2H])[2H])c1OC([2H])([2H])[2H].[Na+].[Na+]. The van der Waals surface area contributed by atoms with Gasteiger partial charge in [-0.3, -0.25) is 9.69 Å². The molecule has 19 heteroatoms. The predicted molar refractivity (Wildman–Crippen MR) is 135 cm³/mol. The number of hydrogen-bond acceptors (Lipinski definition) is 14. The third-order valence-electron chi connectivity index (χ3n) is 5.15. The Hall–Kier alpha value is -2.24. The fourth-order valence-corrected chi connectivity index (χ4v) is 3.69. The average Bonchev–Trinajstić information content (AvgIpc) is 2.90. The molecule has 42 heavy (non-hydrogen) atoms. The van der Waals surface area contributed by atoms with E-state index in [9.17, 15) is 23.5 Å². The fourth-order valence-electron chi connectivity index (χ4n) is 3.43. The zero-order chi connectivity index (χ0) is 36.7. The summed E-state index contributed by atoms with van der Waals surface area (Å²) in [6, 6.07) is 4.40. The summed E-state index contributed by atoms with van der Waals surface area (Å²) in [6.07, 6.45) is 0.692. The molecule has 1 aliphatic heterocycles. The summed E-state index contributed by atoms with van der Waals surface area (Å²) in [5.74, 6) is -5.74. The fraction of sp³-hybridized carbons (Fsp3) is 0.304. The maximum Gasteiger partial charge on any atom is 1.00 e. The molecule has 1 amide bonds. The van der Waals surface area contributed by atoms with E-state index in [0.29, 0.717) is 6.20 Å². The summed E-state index contributed by atoms with van der Waals surface area (Å²) in [6.45, 7) is 1.72. The first-order valence-corrected chi connectivity index (χ1v) is 12.2. The number of nitrogens with zero attached hydrogens (tertiary/aromatic N) is 4. The van der Waals surface area contributed by atoms with Gasteiger partial charge in [-0.2, -0.15) is 4.98 Å². The first kappa shape index (κ1) is 24.1. The number of ether oxygens (including phenoxy) is 4. The monoisotopic (exact) mass is 633 g/mol. The molecule has 2 N–H and O–H groups in total. The molecule has 4 rings (SSSR count). The van der Waals surface area contributed by atoms with Crippen LogP contribution in [0.4, 0.5) is 33.5 Å². The molecule has 0 saturated heterocycles. The van der Waals surface area contributed by atoms with E-state index in [2.05, 4.69) is 30.1 Å². The van der Waals surface area contributed by atoms with Gasteiger partial charge in [0.05, 0.1) is 47.5 Å².